The summed E-state index contributed by atoms with van der Waals surface area (Å²) in [5.74, 6) is -1.86. The van der Waals surface area contributed by atoms with Crippen molar-refractivity contribution in [3.05, 3.63) is 23.8 Å². The molecule has 0 aliphatic carbocycles. The van der Waals surface area contributed by atoms with Crippen LogP contribution in [0.2, 0.25) is 0 Å². The first-order chi connectivity index (χ1) is 7.30. The highest BCUT2D eigenvalue weighted by molar-refractivity contribution is 5.69. The van der Waals surface area contributed by atoms with E-state index in [0.29, 0.717) is 0 Å². The van der Waals surface area contributed by atoms with E-state index in [0.717, 1.165) is 12.4 Å². The molecule has 1 N–H and O–H groups in total. The summed E-state index contributed by atoms with van der Waals surface area (Å²) < 4.78 is 36.8. The highest BCUT2D eigenvalue weighted by Gasteiger charge is 2.32. The number of alkyl halides is 3. The maximum atomic E-state index is 12.3. The fourth-order valence-corrected chi connectivity index (χ4v) is 1.07. The Hall–Kier alpha value is -1.66. The van der Waals surface area contributed by atoms with Crippen molar-refractivity contribution in [2.45, 2.75) is 19.5 Å². The highest BCUT2D eigenvalue weighted by Crippen LogP contribution is 2.27. The Balaban J connectivity index is 2.87. The minimum absolute atomic E-state index is 0.0546. The van der Waals surface area contributed by atoms with Crippen LogP contribution in [0.3, 0.4) is 0 Å². The topological polar surface area (TPSA) is 63.1 Å². The second-order valence-electron chi connectivity index (χ2n) is 3.34. The lowest BCUT2D eigenvalue weighted by Crippen LogP contribution is -2.15. The second kappa shape index (κ2) is 4.46. The molecule has 0 saturated heterocycles. The predicted molar refractivity (Wildman–Crippen MR) is 47.5 cm³/mol. The SMILES string of the molecule is CC(Cc1cc(C(F)(F)F)ncn1)C(=O)O. The zero-order chi connectivity index (χ0) is 12.3. The minimum atomic E-state index is -4.54. The van der Waals surface area contributed by atoms with Crippen molar-refractivity contribution >= 4 is 5.97 Å². The van der Waals surface area contributed by atoms with E-state index in [1.807, 2.05) is 0 Å². The lowest BCUT2D eigenvalue weighted by Gasteiger charge is -2.08. The molecular formula is C9H9F3N2O2. The molecule has 0 saturated carbocycles. The number of hydrogen-bond acceptors (Lipinski definition) is 3. The van der Waals surface area contributed by atoms with Crippen LogP contribution >= 0.6 is 0 Å². The van der Waals surface area contributed by atoms with Crippen LogP contribution in [0.25, 0.3) is 0 Å². The molecule has 1 aromatic heterocycles. The molecule has 16 heavy (non-hydrogen) atoms. The van der Waals surface area contributed by atoms with Gasteiger partial charge >= 0.3 is 12.1 Å². The Morgan fingerprint density at radius 3 is 2.62 bits per heavy atom. The van der Waals surface area contributed by atoms with Gasteiger partial charge in [0.1, 0.15) is 12.0 Å². The van der Waals surface area contributed by atoms with Gasteiger partial charge in [-0.05, 0) is 6.07 Å². The van der Waals surface area contributed by atoms with E-state index in [2.05, 4.69) is 9.97 Å². The van der Waals surface area contributed by atoms with Crippen molar-refractivity contribution in [2.24, 2.45) is 5.92 Å². The van der Waals surface area contributed by atoms with Gasteiger partial charge in [0.25, 0.3) is 0 Å². The van der Waals surface area contributed by atoms with Gasteiger partial charge in [-0.25, -0.2) is 9.97 Å². The summed E-state index contributed by atoms with van der Waals surface area (Å²) in [5.41, 5.74) is -0.993. The van der Waals surface area contributed by atoms with E-state index in [9.17, 15) is 18.0 Å². The molecule has 1 atom stereocenters. The van der Waals surface area contributed by atoms with Crippen molar-refractivity contribution in [1.82, 2.24) is 9.97 Å². The van der Waals surface area contributed by atoms with Crippen LogP contribution in [0.1, 0.15) is 18.3 Å². The van der Waals surface area contributed by atoms with Crippen molar-refractivity contribution in [3.63, 3.8) is 0 Å². The van der Waals surface area contributed by atoms with Crippen LogP contribution in [0.4, 0.5) is 13.2 Å². The first kappa shape index (κ1) is 12.4. The Bertz CT molecular complexity index is 393. The smallest absolute Gasteiger partial charge is 0.433 e. The van der Waals surface area contributed by atoms with Crippen molar-refractivity contribution in [1.29, 1.82) is 0 Å². The Morgan fingerprint density at radius 1 is 1.50 bits per heavy atom. The standard InChI is InChI=1S/C9H9F3N2O2/c1-5(8(15)16)2-6-3-7(9(10,11)12)14-4-13-6/h3-5H,2H2,1H3,(H,15,16). The van der Waals surface area contributed by atoms with Crippen LogP contribution in [0, 0.1) is 5.92 Å². The summed E-state index contributed by atoms with van der Waals surface area (Å²) in [6.07, 6.45) is -3.81. The third-order valence-electron chi connectivity index (χ3n) is 1.95. The molecule has 1 rings (SSSR count). The van der Waals surface area contributed by atoms with Gasteiger partial charge in [0.15, 0.2) is 0 Å². The lowest BCUT2D eigenvalue weighted by molar-refractivity contribution is -0.141. The van der Waals surface area contributed by atoms with E-state index >= 15 is 0 Å². The molecule has 0 aliphatic heterocycles. The first-order valence-corrected chi connectivity index (χ1v) is 4.41. The average molecular weight is 234 g/mol. The lowest BCUT2D eigenvalue weighted by atomic mass is 10.1. The first-order valence-electron chi connectivity index (χ1n) is 4.41. The van der Waals surface area contributed by atoms with Gasteiger partial charge in [-0.1, -0.05) is 6.92 Å². The molecule has 0 radical (unpaired) electrons. The molecule has 0 aliphatic rings. The molecular weight excluding hydrogens is 225 g/mol. The largest absolute Gasteiger partial charge is 0.481 e. The zero-order valence-corrected chi connectivity index (χ0v) is 8.32. The predicted octanol–water partition coefficient (Wildman–Crippen LogP) is 1.76. The van der Waals surface area contributed by atoms with E-state index < -0.39 is 23.8 Å². The molecule has 0 fully saturated rings. The number of carboxylic acid groups (broad SMARTS) is 1. The third-order valence-corrected chi connectivity index (χ3v) is 1.95. The summed E-state index contributed by atoms with van der Waals surface area (Å²) in [6.45, 7) is 1.40. The Labute approximate surface area is 89.1 Å². The summed E-state index contributed by atoms with van der Waals surface area (Å²) in [4.78, 5) is 17.2. The Kier molecular flexibility index (Phi) is 3.46. The molecule has 0 amide bonds. The van der Waals surface area contributed by atoms with Gasteiger partial charge in [0.05, 0.1) is 5.92 Å². The second-order valence-corrected chi connectivity index (χ2v) is 3.34. The van der Waals surface area contributed by atoms with Gasteiger partial charge in [0, 0.05) is 12.1 Å². The van der Waals surface area contributed by atoms with Crippen molar-refractivity contribution < 1.29 is 23.1 Å². The highest BCUT2D eigenvalue weighted by atomic mass is 19.4. The molecule has 88 valence electrons. The van der Waals surface area contributed by atoms with Crippen LogP contribution in [-0.2, 0) is 17.4 Å². The molecule has 4 nitrogen and oxygen atoms in total. The number of aromatic nitrogens is 2. The maximum Gasteiger partial charge on any atom is 0.433 e. The molecule has 7 heteroatoms. The third kappa shape index (κ3) is 3.18. The van der Waals surface area contributed by atoms with Gasteiger partial charge < -0.3 is 5.11 Å². The quantitative estimate of drug-likeness (QED) is 0.865. The number of carbonyl (C=O) groups is 1. The van der Waals surface area contributed by atoms with Crippen molar-refractivity contribution in [3.8, 4) is 0 Å². The summed E-state index contributed by atoms with van der Waals surface area (Å²) in [5, 5.41) is 8.61. The minimum Gasteiger partial charge on any atom is -0.481 e. The van der Waals surface area contributed by atoms with Crippen molar-refractivity contribution in [2.75, 3.05) is 0 Å². The number of halogens is 3. The number of rotatable bonds is 3. The number of carboxylic acids is 1. The number of nitrogens with zero attached hydrogens (tertiary/aromatic N) is 2. The van der Waals surface area contributed by atoms with Crippen LogP contribution in [-0.4, -0.2) is 21.0 Å². The monoisotopic (exact) mass is 234 g/mol. The fourth-order valence-electron chi connectivity index (χ4n) is 1.07. The maximum absolute atomic E-state index is 12.3. The van der Waals surface area contributed by atoms with Gasteiger partial charge in [-0.15, -0.1) is 0 Å². The molecule has 0 bridgehead atoms. The summed E-state index contributed by atoms with van der Waals surface area (Å²) >= 11 is 0. The molecule has 1 heterocycles. The number of hydrogen-bond donors (Lipinski definition) is 1. The van der Waals surface area contributed by atoms with E-state index in [4.69, 9.17) is 5.11 Å². The van der Waals surface area contributed by atoms with E-state index in [1.165, 1.54) is 6.92 Å². The van der Waals surface area contributed by atoms with E-state index in [1.54, 1.807) is 0 Å². The molecule has 0 spiro atoms. The number of aliphatic carboxylic acids is 1. The van der Waals surface area contributed by atoms with Gasteiger partial charge in [-0.3, -0.25) is 4.79 Å². The molecule has 0 aromatic carbocycles. The Morgan fingerprint density at radius 2 is 2.12 bits per heavy atom. The normalized spacial score (nSPS) is 13.5. The summed E-state index contributed by atoms with van der Waals surface area (Å²) in [6, 6.07) is 0.763. The van der Waals surface area contributed by atoms with Gasteiger partial charge in [0.2, 0.25) is 0 Å². The van der Waals surface area contributed by atoms with E-state index in [-0.39, 0.29) is 12.1 Å². The van der Waals surface area contributed by atoms with Crippen LogP contribution in [0.5, 0.6) is 0 Å². The molecule has 1 aromatic rings. The zero-order valence-electron chi connectivity index (χ0n) is 8.32. The van der Waals surface area contributed by atoms with Crippen LogP contribution < -0.4 is 0 Å². The van der Waals surface area contributed by atoms with Gasteiger partial charge in [-0.2, -0.15) is 13.2 Å². The summed E-state index contributed by atoms with van der Waals surface area (Å²) in [7, 11) is 0. The fraction of sp³-hybridized carbons (Fsp3) is 0.444. The van der Waals surface area contributed by atoms with Crippen LogP contribution in [0.15, 0.2) is 12.4 Å². The molecule has 1 unspecified atom stereocenters. The average Bonchev–Trinajstić information content (AvgIpc) is 2.16.